The molecule has 1 atom stereocenters. The number of pyridine rings is 1. The maximum Gasteiger partial charge on any atom is 0.314 e. The van der Waals surface area contributed by atoms with E-state index in [1.54, 1.807) is 35.2 Å². The number of carboxylic acid groups (broad SMARTS) is 1. The van der Waals surface area contributed by atoms with Crippen molar-refractivity contribution in [3.63, 3.8) is 0 Å². The number of aromatic nitrogens is 1. The van der Waals surface area contributed by atoms with Gasteiger partial charge in [-0.15, -0.1) is 0 Å². The largest absolute Gasteiger partial charge is 0.506 e. The number of nitrogens with one attached hydrogen (secondary N) is 2. The summed E-state index contributed by atoms with van der Waals surface area (Å²) >= 11 is 0. The van der Waals surface area contributed by atoms with E-state index >= 15 is 0 Å². The quantitative estimate of drug-likeness (QED) is 0.140. The van der Waals surface area contributed by atoms with Crippen LogP contribution in [0.15, 0.2) is 83.7 Å². The lowest BCUT2D eigenvalue weighted by Gasteiger charge is -2.39. The number of hydrogen-bond acceptors (Lipinski definition) is 7. The lowest BCUT2D eigenvalue weighted by Crippen LogP contribution is -2.49. The van der Waals surface area contributed by atoms with Crippen molar-refractivity contribution >= 4 is 22.8 Å². The van der Waals surface area contributed by atoms with Gasteiger partial charge in [-0.3, -0.25) is 14.4 Å². The zero-order valence-electron chi connectivity index (χ0n) is 25.1. The van der Waals surface area contributed by atoms with Gasteiger partial charge in [0.25, 0.3) is 5.91 Å². The van der Waals surface area contributed by atoms with E-state index in [2.05, 4.69) is 10.3 Å². The minimum absolute atomic E-state index is 0.0400. The second kappa shape index (κ2) is 14.4. The number of likely N-dealkylation sites (tertiary alicyclic amines) is 1. The first kappa shape index (κ1) is 31.7. The molecular formula is C35H39N3O7. The fourth-order valence-corrected chi connectivity index (χ4v) is 5.99. The van der Waals surface area contributed by atoms with Crippen LogP contribution in [0.3, 0.4) is 0 Å². The zero-order valence-corrected chi connectivity index (χ0v) is 25.1. The summed E-state index contributed by atoms with van der Waals surface area (Å²) < 4.78 is 5.91. The number of amides is 1. The first-order valence-corrected chi connectivity index (χ1v) is 15.3. The number of aromatic amines is 1. The number of fused-ring (bicyclic) bond motifs is 1. The van der Waals surface area contributed by atoms with Crippen LogP contribution in [0.1, 0.15) is 59.7 Å². The number of hydrogen-bond donors (Lipinski definition) is 5. The Morgan fingerprint density at radius 2 is 1.73 bits per heavy atom. The molecule has 236 valence electrons. The minimum Gasteiger partial charge on any atom is -0.506 e. The Morgan fingerprint density at radius 1 is 0.956 bits per heavy atom. The lowest BCUT2D eigenvalue weighted by molar-refractivity contribution is -0.145. The van der Waals surface area contributed by atoms with Crippen LogP contribution in [0.2, 0.25) is 0 Å². The summed E-state index contributed by atoms with van der Waals surface area (Å²) in [6, 6.07) is 22.5. The number of phenols is 1. The fourth-order valence-electron chi connectivity index (χ4n) is 5.99. The van der Waals surface area contributed by atoms with Crippen molar-refractivity contribution in [2.75, 3.05) is 32.8 Å². The van der Waals surface area contributed by atoms with E-state index in [1.807, 2.05) is 36.4 Å². The van der Waals surface area contributed by atoms with Gasteiger partial charge in [-0.2, -0.15) is 0 Å². The summed E-state index contributed by atoms with van der Waals surface area (Å²) in [5, 5.41) is 34.6. The molecule has 0 radical (unpaired) electrons. The third-order valence-electron chi connectivity index (χ3n) is 8.59. The molecule has 0 spiro atoms. The van der Waals surface area contributed by atoms with Gasteiger partial charge >= 0.3 is 5.97 Å². The summed E-state index contributed by atoms with van der Waals surface area (Å²) in [5.74, 6) is -0.408. The molecule has 0 bridgehead atoms. The third-order valence-corrected chi connectivity index (χ3v) is 8.59. The molecule has 1 aliphatic rings. The Balaban J connectivity index is 1.02. The Kier molecular flexibility index (Phi) is 10.2. The number of aliphatic carboxylic acids is 1. The smallest absolute Gasteiger partial charge is 0.314 e. The molecule has 1 aromatic heterocycles. The monoisotopic (exact) mass is 613 g/mol. The van der Waals surface area contributed by atoms with Crippen molar-refractivity contribution in [3.05, 3.63) is 106 Å². The molecule has 4 aromatic rings. The van der Waals surface area contributed by atoms with E-state index in [-0.39, 0.29) is 17.2 Å². The molecule has 0 saturated carbocycles. The Morgan fingerprint density at radius 3 is 2.49 bits per heavy atom. The van der Waals surface area contributed by atoms with Crippen LogP contribution in [-0.4, -0.2) is 69.9 Å². The average Bonchev–Trinajstić information content (AvgIpc) is 3.06. The van der Waals surface area contributed by atoms with Crippen molar-refractivity contribution in [3.8, 4) is 11.5 Å². The number of carbonyl (C=O) groups is 2. The van der Waals surface area contributed by atoms with Crippen molar-refractivity contribution in [1.82, 2.24) is 15.2 Å². The van der Waals surface area contributed by atoms with Crippen LogP contribution in [0.4, 0.5) is 0 Å². The first-order chi connectivity index (χ1) is 21.8. The van der Waals surface area contributed by atoms with Crippen LogP contribution in [-0.2, 0) is 10.2 Å². The topological polar surface area (TPSA) is 152 Å². The first-order valence-electron chi connectivity index (χ1n) is 15.3. The van der Waals surface area contributed by atoms with Crippen molar-refractivity contribution in [2.45, 2.75) is 43.6 Å². The molecule has 3 aromatic carbocycles. The number of rotatable bonds is 13. The summed E-state index contributed by atoms with van der Waals surface area (Å²) in [6.07, 6.45) is 2.53. The molecule has 1 saturated heterocycles. The normalized spacial score (nSPS) is 15.1. The van der Waals surface area contributed by atoms with Gasteiger partial charge in [-0.05, 0) is 80.1 Å². The summed E-state index contributed by atoms with van der Waals surface area (Å²) in [5.41, 5.74) is 0.927. The van der Waals surface area contributed by atoms with Gasteiger partial charge in [0.1, 0.15) is 11.5 Å². The molecule has 1 unspecified atom stereocenters. The van der Waals surface area contributed by atoms with Gasteiger partial charge in [0.2, 0.25) is 5.56 Å². The number of ether oxygens (including phenoxy) is 1. The number of aliphatic hydroxyl groups excluding tert-OH is 1. The maximum atomic E-state index is 13.3. The summed E-state index contributed by atoms with van der Waals surface area (Å²) in [6.45, 7) is 2.26. The minimum atomic E-state index is -0.984. The highest BCUT2D eigenvalue weighted by Gasteiger charge is 2.43. The summed E-state index contributed by atoms with van der Waals surface area (Å²) in [7, 11) is 0. The Hall–Kier alpha value is -4.67. The van der Waals surface area contributed by atoms with Crippen molar-refractivity contribution in [2.24, 2.45) is 0 Å². The van der Waals surface area contributed by atoms with Crippen LogP contribution in [0, 0.1) is 0 Å². The highest BCUT2D eigenvalue weighted by molar-refractivity contribution is 5.95. The molecule has 10 nitrogen and oxygen atoms in total. The number of piperidine rings is 1. The van der Waals surface area contributed by atoms with Crippen molar-refractivity contribution in [1.29, 1.82) is 0 Å². The van der Waals surface area contributed by atoms with Crippen LogP contribution >= 0.6 is 0 Å². The molecule has 5 N–H and O–H groups in total. The number of H-pyrrole nitrogens is 1. The van der Waals surface area contributed by atoms with Gasteiger partial charge < -0.3 is 35.3 Å². The number of carboxylic acids is 1. The van der Waals surface area contributed by atoms with Gasteiger partial charge in [-0.1, -0.05) is 42.5 Å². The van der Waals surface area contributed by atoms with E-state index in [0.29, 0.717) is 73.4 Å². The molecule has 45 heavy (non-hydrogen) atoms. The molecular weight excluding hydrogens is 574 g/mol. The van der Waals surface area contributed by atoms with E-state index < -0.39 is 17.5 Å². The highest BCUT2D eigenvalue weighted by Crippen LogP contribution is 2.36. The zero-order chi connectivity index (χ0) is 31.8. The second-order valence-electron chi connectivity index (χ2n) is 11.5. The van der Waals surface area contributed by atoms with Gasteiger partial charge in [0.15, 0.2) is 0 Å². The van der Waals surface area contributed by atoms with Gasteiger partial charge in [-0.25, -0.2) is 0 Å². The highest BCUT2D eigenvalue weighted by atomic mass is 16.5. The number of carbonyl (C=O) groups excluding carboxylic acids is 1. The predicted molar refractivity (Wildman–Crippen MR) is 171 cm³/mol. The molecule has 2 heterocycles. The molecule has 1 fully saturated rings. The fraction of sp³-hybridized carbons (Fsp3) is 0.343. The van der Waals surface area contributed by atoms with E-state index in [4.69, 9.17) is 4.74 Å². The van der Waals surface area contributed by atoms with Crippen molar-refractivity contribution < 1.29 is 29.6 Å². The SMILES string of the molecule is O=C(c1cccc(OCCCCCNCC(O)c2ccc(O)c3[nH]c(=O)ccc23)c1)N1CCC(C(=O)O)(c2ccccc2)CC1. The predicted octanol–water partition coefficient (Wildman–Crippen LogP) is 4.36. The number of nitrogens with zero attached hydrogens (tertiary/aromatic N) is 1. The van der Waals surface area contributed by atoms with Crippen LogP contribution < -0.4 is 15.6 Å². The summed E-state index contributed by atoms with van der Waals surface area (Å²) in [4.78, 5) is 41.4. The average molecular weight is 614 g/mol. The number of aliphatic hydroxyl groups is 1. The molecule has 1 amide bonds. The third kappa shape index (κ3) is 7.35. The Bertz CT molecular complexity index is 1680. The molecule has 0 aliphatic carbocycles. The van der Waals surface area contributed by atoms with E-state index in [1.165, 1.54) is 12.1 Å². The van der Waals surface area contributed by atoms with E-state index in [0.717, 1.165) is 24.8 Å². The van der Waals surface area contributed by atoms with Gasteiger partial charge in [0, 0.05) is 36.7 Å². The number of benzene rings is 3. The number of aromatic hydroxyl groups is 1. The van der Waals surface area contributed by atoms with Crippen LogP contribution in [0.25, 0.3) is 10.9 Å². The molecule has 10 heteroatoms. The number of phenolic OH excluding ortho intramolecular Hbond substituents is 1. The second-order valence-corrected chi connectivity index (χ2v) is 11.5. The van der Waals surface area contributed by atoms with E-state index in [9.17, 15) is 29.7 Å². The standard InChI is InChI=1S/C35H39N3O7/c39-29-14-12-27(28-13-15-31(41)37-32(28)29)30(40)23-36-18-5-2-6-21-45-26-11-7-8-24(22-26)33(42)38-19-16-35(17-20-38,34(43)44)25-9-3-1-4-10-25/h1,3-4,7-15,22,30,36,39-40H,2,5-6,16-21,23H2,(H,37,41)(H,43,44). The van der Waals surface area contributed by atoms with Gasteiger partial charge in [0.05, 0.1) is 23.6 Å². The number of unbranched alkanes of at least 4 members (excludes halogenated alkanes) is 2. The lowest BCUT2D eigenvalue weighted by atomic mass is 9.73. The maximum absolute atomic E-state index is 13.3. The molecule has 5 rings (SSSR count). The molecule has 1 aliphatic heterocycles. The van der Waals surface area contributed by atoms with Crippen LogP contribution in [0.5, 0.6) is 11.5 Å². The Labute approximate surface area is 261 Å².